The van der Waals surface area contributed by atoms with Crippen molar-refractivity contribution in [3.05, 3.63) is 0 Å². The summed E-state index contributed by atoms with van der Waals surface area (Å²) in [6.07, 6.45) is 5.02. The fourth-order valence-electron chi connectivity index (χ4n) is 3.64. The van der Waals surface area contributed by atoms with E-state index in [0.717, 1.165) is 32.1 Å². The molecule has 1 heterocycles. The van der Waals surface area contributed by atoms with Gasteiger partial charge in [0.05, 0.1) is 0 Å². The molecular formula is C17H30N2O2. The lowest BCUT2D eigenvalue weighted by Crippen LogP contribution is -2.65. The summed E-state index contributed by atoms with van der Waals surface area (Å²) in [4.78, 5) is 26.9. The molecule has 4 heteroatoms. The second-order valence-corrected chi connectivity index (χ2v) is 8.01. The van der Waals surface area contributed by atoms with Crippen LogP contribution in [-0.2, 0) is 9.59 Å². The standard InChI is InChI=1S/C17H30N2O2/c1-11(2)10-14-16(21)19(12(3)15(20)18-14)13-6-8-17(4,5)9-7-13/h11-14H,6-10H2,1-5H3,(H,18,20). The van der Waals surface area contributed by atoms with Crippen LogP contribution < -0.4 is 5.32 Å². The summed E-state index contributed by atoms with van der Waals surface area (Å²) in [6, 6.07) is -0.419. The van der Waals surface area contributed by atoms with Crippen LogP contribution in [0.3, 0.4) is 0 Å². The molecule has 1 saturated heterocycles. The van der Waals surface area contributed by atoms with E-state index in [-0.39, 0.29) is 29.9 Å². The normalized spacial score (nSPS) is 30.7. The lowest BCUT2D eigenvalue weighted by atomic mass is 9.74. The number of piperazine rings is 1. The first kappa shape index (κ1) is 16.3. The summed E-state index contributed by atoms with van der Waals surface area (Å²) in [5, 5.41) is 2.90. The van der Waals surface area contributed by atoms with E-state index >= 15 is 0 Å². The quantitative estimate of drug-likeness (QED) is 0.870. The van der Waals surface area contributed by atoms with Gasteiger partial charge in [-0.05, 0) is 50.4 Å². The molecule has 0 spiro atoms. The number of carbonyl (C=O) groups excluding carboxylic acids is 2. The molecule has 0 radical (unpaired) electrons. The maximum absolute atomic E-state index is 12.8. The minimum Gasteiger partial charge on any atom is -0.343 e. The van der Waals surface area contributed by atoms with Gasteiger partial charge >= 0.3 is 0 Å². The van der Waals surface area contributed by atoms with E-state index in [1.807, 2.05) is 11.8 Å². The zero-order chi connectivity index (χ0) is 15.8. The Labute approximate surface area is 128 Å². The minimum atomic E-state index is -0.330. The van der Waals surface area contributed by atoms with E-state index < -0.39 is 0 Å². The van der Waals surface area contributed by atoms with Crippen LogP contribution in [0.25, 0.3) is 0 Å². The van der Waals surface area contributed by atoms with E-state index in [1.54, 1.807) is 0 Å². The second kappa shape index (κ2) is 5.98. The molecule has 4 nitrogen and oxygen atoms in total. The lowest BCUT2D eigenvalue weighted by molar-refractivity contribution is -0.153. The number of nitrogens with zero attached hydrogens (tertiary/aromatic N) is 1. The fourth-order valence-corrected chi connectivity index (χ4v) is 3.64. The molecule has 2 rings (SSSR count). The topological polar surface area (TPSA) is 49.4 Å². The third-order valence-corrected chi connectivity index (χ3v) is 5.07. The molecule has 1 aliphatic heterocycles. The second-order valence-electron chi connectivity index (χ2n) is 8.01. The van der Waals surface area contributed by atoms with E-state index in [0.29, 0.717) is 11.3 Å². The molecule has 1 N–H and O–H groups in total. The van der Waals surface area contributed by atoms with Gasteiger partial charge in [-0.2, -0.15) is 0 Å². The largest absolute Gasteiger partial charge is 0.343 e. The number of nitrogens with one attached hydrogen (secondary N) is 1. The Balaban J connectivity index is 2.12. The molecule has 2 aliphatic rings. The van der Waals surface area contributed by atoms with Gasteiger partial charge in [-0.3, -0.25) is 9.59 Å². The van der Waals surface area contributed by atoms with Gasteiger partial charge in [0, 0.05) is 6.04 Å². The zero-order valence-electron chi connectivity index (χ0n) is 14.1. The Kier molecular flexibility index (Phi) is 4.64. The smallest absolute Gasteiger partial charge is 0.246 e. The number of hydrogen-bond donors (Lipinski definition) is 1. The Hall–Kier alpha value is -1.06. The van der Waals surface area contributed by atoms with E-state index in [2.05, 4.69) is 33.0 Å². The number of rotatable bonds is 3. The van der Waals surface area contributed by atoms with Crippen LogP contribution in [0.4, 0.5) is 0 Å². The van der Waals surface area contributed by atoms with Crippen LogP contribution in [0.5, 0.6) is 0 Å². The first-order valence-electron chi connectivity index (χ1n) is 8.34. The van der Waals surface area contributed by atoms with Crippen molar-refractivity contribution >= 4 is 11.8 Å². The van der Waals surface area contributed by atoms with Gasteiger partial charge in [0.1, 0.15) is 12.1 Å². The van der Waals surface area contributed by atoms with Crippen LogP contribution in [0.1, 0.15) is 66.7 Å². The maximum atomic E-state index is 12.8. The van der Waals surface area contributed by atoms with Gasteiger partial charge in [-0.15, -0.1) is 0 Å². The maximum Gasteiger partial charge on any atom is 0.246 e. The van der Waals surface area contributed by atoms with Crippen molar-refractivity contribution in [1.29, 1.82) is 0 Å². The summed E-state index contributed by atoms with van der Waals surface area (Å²) >= 11 is 0. The highest BCUT2D eigenvalue weighted by atomic mass is 16.2. The molecule has 0 aromatic carbocycles. The molecule has 2 amide bonds. The predicted octanol–water partition coefficient (Wildman–Crippen LogP) is 2.72. The van der Waals surface area contributed by atoms with E-state index in [9.17, 15) is 9.59 Å². The summed E-state index contributed by atoms with van der Waals surface area (Å²) in [5.74, 6) is 0.533. The molecule has 2 atom stereocenters. The summed E-state index contributed by atoms with van der Waals surface area (Å²) in [5.41, 5.74) is 0.373. The fraction of sp³-hybridized carbons (Fsp3) is 0.882. The summed E-state index contributed by atoms with van der Waals surface area (Å²) < 4.78 is 0. The van der Waals surface area contributed by atoms with Crippen molar-refractivity contribution in [2.45, 2.75) is 84.8 Å². The zero-order valence-corrected chi connectivity index (χ0v) is 14.1. The highest BCUT2D eigenvalue weighted by molar-refractivity contribution is 5.96. The molecule has 2 unspecified atom stereocenters. The summed E-state index contributed by atoms with van der Waals surface area (Å²) in [6.45, 7) is 10.6. The van der Waals surface area contributed by atoms with Crippen molar-refractivity contribution in [2.75, 3.05) is 0 Å². The van der Waals surface area contributed by atoms with Crippen LogP contribution >= 0.6 is 0 Å². The Morgan fingerprint density at radius 2 is 1.81 bits per heavy atom. The number of amides is 2. The van der Waals surface area contributed by atoms with Crippen molar-refractivity contribution < 1.29 is 9.59 Å². The highest BCUT2D eigenvalue weighted by Crippen LogP contribution is 2.38. The van der Waals surface area contributed by atoms with Crippen molar-refractivity contribution in [3.63, 3.8) is 0 Å². The molecule has 1 aliphatic carbocycles. The Morgan fingerprint density at radius 3 is 2.33 bits per heavy atom. The summed E-state index contributed by atoms with van der Waals surface area (Å²) in [7, 11) is 0. The highest BCUT2D eigenvalue weighted by Gasteiger charge is 2.43. The third kappa shape index (κ3) is 3.58. The molecule has 1 saturated carbocycles. The predicted molar refractivity (Wildman–Crippen MR) is 83.7 cm³/mol. The van der Waals surface area contributed by atoms with E-state index in [4.69, 9.17) is 0 Å². The van der Waals surface area contributed by atoms with Gasteiger partial charge in [-0.1, -0.05) is 27.7 Å². The third-order valence-electron chi connectivity index (χ3n) is 5.07. The number of hydrogen-bond acceptors (Lipinski definition) is 2. The van der Waals surface area contributed by atoms with Gasteiger partial charge in [0.15, 0.2) is 0 Å². The number of carbonyl (C=O) groups is 2. The van der Waals surface area contributed by atoms with Gasteiger partial charge in [0.2, 0.25) is 11.8 Å². The Bertz CT molecular complexity index is 407. The molecule has 2 fully saturated rings. The molecule has 0 bridgehead atoms. The Morgan fingerprint density at radius 1 is 1.24 bits per heavy atom. The van der Waals surface area contributed by atoms with E-state index in [1.165, 1.54) is 0 Å². The SMILES string of the molecule is CC(C)CC1NC(=O)C(C)N(C2CCC(C)(C)CC2)C1=O. The monoisotopic (exact) mass is 294 g/mol. The molecule has 0 aromatic rings. The molecule has 120 valence electrons. The van der Waals surface area contributed by atoms with Crippen LogP contribution in [-0.4, -0.2) is 34.8 Å². The van der Waals surface area contributed by atoms with Crippen molar-refractivity contribution in [1.82, 2.24) is 10.2 Å². The van der Waals surface area contributed by atoms with Crippen LogP contribution in [0.2, 0.25) is 0 Å². The minimum absolute atomic E-state index is 0.00471. The van der Waals surface area contributed by atoms with Crippen LogP contribution in [0.15, 0.2) is 0 Å². The van der Waals surface area contributed by atoms with Gasteiger partial charge < -0.3 is 10.2 Å². The van der Waals surface area contributed by atoms with Gasteiger partial charge in [-0.25, -0.2) is 0 Å². The first-order chi connectivity index (χ1) is 9.71. The molecule has 21 heavy (non-hydrogen) atoms. The first-order valence-corrected chi connectivity index (χ1v) is 8.34. The average molecular weight is 294 g/mol. The van der Waals surface area contributed by atoms with Crippen LogP contribution in [0, 0.1) is 11.3 Å². The molecular weight excluding hydrogens is 264 g/mol. The average Bonchev–Trinajstić information content (AvgIpc) is 2.37. The van der Waals surface area contributed by atoms with Crippen molar-refractivity contribution in [3.8, 4) is 0 Å². The lowest BCUT2D eigenvalue weighted by Gasteiger charge is -2.46. The van der Waals surface area contributed by atoms with Gasteiger partial charge in [0.25, 0.3) is 0 Å². The molecule has 0 aromatic heterocycles. The van der Waals surface area contributed by atoms with Crippen molar-refractivity contribution in [2.24, 2.45) is 11.3 Å².